The normalized spacial score (nSPS) is 16.1. The van der Waals surface area contributed by atoms with Crippen LogP contribution in [0.1, 0.15) is 17.5 Å². The number of carbonyl (C=O) groups excluding carboxylic acids is 3. The van der Waals surface area contributed by atoms with E-state index in [1.807, 2.05) is 48.5 Å². The predicted molar refractivity (Wildman–Crippen MR) is 104 cm³/mol. The van der Waals surface area contributed by atoms with Gasteiger partial charge in [-0.15, -0.1) is 0 Å². The fourth-order valence-electron chi connectivity index (χ4n) is 3.02. The second-order valence-corrected chi connectivity index (χ2v) is 7.04. The van der Waals surface area contributed by atoms with Crippen molar-refractivity contribution < 1.29 is 19.1 Å². The molecule has 28 heavy (non-hydrogen) atoms. The van der Waals surface area contributed by atoms with Crippen LogP contribution in [0.5, 0.6) is 0 Å². The quantitative estimate of drug-likeness (QED) is 0.725. The summed E-state index contributed by atoms with van der Waals surface area (Å²) in [5, 5.41) is 3.27. The van der Waals surface area contributed by atoms with Gasteiger partial charge in [0.1, 0.15) is 0 Å². The van der Waals surface area contributed by atoms with Crippen molar-refractivity contribution in [1.82, 2.24) is 10.2 Å². The standard InChI is InChI=1S/C21H21ClN2O4/c22-18-9-5-4-8-16(18)12-24-13-17(10-20(24)26)21(27)28-14-19(25)23-11-15-6-2-1-3-7-15/h1-9,17H,10-14H2,(H,23,25)/t17-/m0/s1. The fourth-order valence-corrected chi connectivity index (χ4v) is 3.21. The molecule has 0 spiro atoms. The number of nitrogens with zero attached hydrogens (tertiary/aromatic N) is 1. The highest BCUT2D eigenvalue weighted by Gasteiger charge is 2.35. The Labute approximate surface area is 168 Å². The molecule has 1 N–H and O–H groups in total. The van der Waals surface area contributed by atoms with Gasteiger partial charge in [-0.1, -0.05) is 60.1 Å². The first kappa shape index (κ1) is 19.9. The molecule has 0 radical (unpaired) electrons. The number of carbonyl (C=O) groups is 3. The Balaban J connectivity index is 1.44. The van der Waals surface area contributed by atoms with Gasteiger partial charge >= 0.3 is 5.97 Å². The van der Waals surface area contributed by atoms with Gasteiger partial charge in [0, 0.05) is 31.1 Å². The number of amides is 2. The maximum absolute atomic E-state index is 12.2. The number of hydrogen-bond donors (Lipinski definition) is 1. The van der Waals surface area contributed by atoms with Gasteiger partial charge in [-0.3, -0.25) is 14.4 Å². The molecule has 1 fully saturated rings. The summed E-state index contributed by atoms with van der Waals surface area (Å²) in [4.78, 5) is 37.9. The molecule has 1 atom stereocenters. The lowest BCUT2D eigenvalue weighted by Crippen LogP contribution is -2.31. The predicted octanol–water partition coefficient (Wildman–Crippen LogP) is 2.55. The Hall–Kier alpha value is -2.86. The van der Waals surface area contributed by atoms with Gasteiger partial charge in [-0.05, 0) is 17.2 Å². The molecular formula is C21H21ClN2O4. The van der Waals surface area contributed by atoms with Crippen molar-refractivity contribution in [1.29, 1.82) is 0 Å². The molecule has 2 aromatic rings. The Bertz CT molecular complexity index is 856. The molecule has 0 unspecified atom stereocenters. The van der Waals surface area contributed by atoms with Gasteiger partial charge in [0.25, 0.3) is 5.91 Å². The molecule has 6 nitrogen and oxygen atoms in total. The minimum Gasteiger partial charge on any atom is -0.455 e. The average Bonchev–Trinajstić information content (AvgIpc) is 3.07. The van der Waals surface area contributed by atoms with E-state index in [-0.39, 0.29) is 31.4 Å². The fraction of sp³-hybridized carbons (Fsp3) is 0.286. The lowest BCUT2D eigenvalue weighted by molar-refractivity contribution is -0.152. The van der Waals surface area contributed by atoms with Crippen LogP contribution in [0, 0.1) is 5.92 Å². The van der Waals surface area contributed by atoms with Crippen molar-refractivity contribution in [2.24, 2.45) is 5.92 Å². The van der Waals surface area contributed by atoms with Crippen LogP contribution in [-0.2, 0) is 32.2 Å². The van der Waals surface area contributed by atoms with E-state index in [1.54, 1.807) is 11.0 Å². The number of nitrogens with one attached hydrogen (secondary N) is 1. The second kappa shape index (κ2) is 9.37. The summed E-state index contributed by atoms with van der Waals surface area (Å²) in [7, 11) is 0. The smallest absolute Gasteiger partial charge is 0.311 e. The Morgan fingerprint density at radius 1 is 1.11 bits per heavy atom. The highest BCUT2D eigenvalue weighted by atomic mass is 35.5. The van der Waals surface area contributed by atoms with Crippen LogP contribution in [-0.4, -0.2) is 35.8 Å². The van der Waals surface area contributed by atoms with Crippen molar-refractivity contribution in [3.05, 3.63) is 70.7 Å². The van der Waals surface area contributed by atoms with Crippen molar-refractivity contribution >= 4 is 29.4 Å². The second-order valence-electron chi connectivity index (χ2n) is 6.64. The van der Waals surface area contributed by atoms with Crippen LogP contribution in [0.15, 0.2) is 54.6 Å². The number of esters is 1. The molecule has 2 amide bonds. The molecule has 0 aliphatic carbocycles. The summed E-state index contributed by atoms with van der Waals surface area (Å²) in [6, 6.07) is 16.7. The van der Waals surface area contributed by atoms with E-state index < -0.39 is 11.9 Å². The first-order valence-electron chi connectivity index (χ1n) is 9.01. The van der Waals surface area contributed by atoms with E-state index in [9.17, 15) is 14.4 Å². The van der Waals surface area contributed by atoms with Crippen molar-refractivity contribution in [2.75, 3.05) is 13.2 Å². The van der Waals surface area contributed by atoms with Gasteiger partial charge in [0.2, 0.25) is 5.91 Å². The monoisotopic (exact) mass is 400 g/mol. The lowest BCUT2D eigenvalue weighted by Gasteiger charge is -2.17. The molecule has 7 heteroatoms. The molecule has 2 aromatic carbocycles. The first-order valence-corrected chi connectivity index (χ1v) is 9.39. The van der Waals surface area contributed by atoms with Crippen LogP contribution >= 0.6 is 11.6 Å². The summed E-state index contributed by atoms with van der Waals surface area (Å²) >= 11 is 6.13. The topological polar surface area (TPSA) is 75.7 Å². The largest absolute Gasteiger partial charge is 0.455 e. The van der Waals surface area contributed by atoms with Crippen LogP contribution in [0.2, 0.25) is 5.02 Å². The molecule has 0 saturated carbocycles. The van der Waals surface area contributed by atoms with Gasteiger partial charge in [-0.2, -0.15) is 0 Å². The number of ether oxygens (including phenoxy) is 1. The van der Waals surface area contributed by atoms with E-state index in [0.717, 1.165) is 11.1 Å². The summed E-state index contributed by atoms with van der Waals surface area (Å²) in [5.41, 5.74) is 1.78. The van der Waals surface area contributed by atoms with E-state index in [0.29, 0.717) is 18.1 Å². The number of rotatable bonds is 7. The molecule has 0 bridgehead atoms. The maximum atomic E-state index is 12.2. The zero-order valence-electron chi connectivity index (χ0n) is 15.3. The number of likely N-dealkylation sites (tertiary alicyclic amines) is 1. The molecule has 1 aliphatic heterocycles. The van der Waals surface area contributed by atoms with Crippen molar-refractivity contribution in [3.63, 3.8) is 0 Å². The van der Waals surface area contributed by atoms with Gasteiger partial charge in [-0.25, -0.2) is 0 Å². The summed E-state index contributed by atoms with van der Waals surface area (Å²) < 4.78 is 5.09. The third-order valence-electron chi connectivity index (χ3n) is 4.54. The molecule has 0 aromatic heterocycles. The SMILES string of the molecule is O=C(COC(=O)[C@H]1CC(=O)N(Cc2ccccc2Cl)C1)NCc1ccccc1. The third kappa shape index (κ3) is 5.33. The molecule has 3 rings (SSSR count). The minimum atomic E-state index is -0.572. The maximum Gasteiger partial charge on any atom is 0.311 e. The Morgan fingerprint density at radius 3 is 2.57 bits per heavy atom. The molecule has 1 saturated heterocycles. The number of halogens is 1. The minimum absolute atomic E-state index is 0.0783. The van der Waals surface area contributed by atoms with Gasteiger partial charge < -0.3 is 15.0 Å². The zero-order chi connectivity index (χ0) is 19.9. The summed E-state index contributed by atoms with van der Waals surface area (Å²) in [6.07, 6.45) is 0.0783. The molecule has 1 aliphatic rings. The molecule has 146 valence electrons. The van der Waals surface area contributed by atoms with E-state index in [1.165, 1.54) is 0 Å². The third-order valence-corrected chi connectivity index (χ3v) is 4.91. The van der Waals surface area contributed by atoms with Crippen LogP contribution in [0.25, 0.3) is 0 Å². The highest BCUT2D eigenvalue weighted by Crippen LogP contribution is 2.24. The average molecular weight is 401 g/mol. The number of benzene rings is 2. The van der Waals surface area contributed by atoms with E-state index in [4.69, 9.17) is 16.3 Å². The van der Waals surface area contributed by atoms with Crippen LogP contribution in [0.4, 0.5) is 0 Å². The van der Waals surface area contributed by atoms with E-state index >= 15 is 0 Å². The zero-order valence-corrected chi connectivity index (χ0v) is 16.0. The lowest BCUT2D eigenvalue weighted by atomic mass is 10.1. The van der Waals surface area contributed by atoms with Gasteiger partial charge in [0.05, 0.1) is 5.92 Å². The van der Waals surface area contributed by atoms with Crippen LogP contribution in [0.3, 0.4) is 0 Å². The first-order chi connectivity index (χ1) is 13.5. The Morgan fingerprint density at radius 2 is 1.82 bits per heavy atom. The summed E-state index contributed by atoms with van der Waals surface area (Å²) in [6.45, 7) is 0.611. The van der Waals surface area contributed by atoms with Crippen LogP contribution < -0.4 is 5.32 Å². The molecule has 1 heterocycles. The number of hydrogen-bond acceptors (Lipinski definition) is 4. The van der Waals surface area contributed by atoms with Crippen molar-refractivity contribution in [2.45, 2.75) is 19.5 Å². The van der Waals surface area contributed by atoms with Crippen molar-refractivity contribution in [3.8, 4) is 0 Å². The Kier molecular flexibility index (Phi) is 6.66. The van der Waals surface area contributed by atoms with Gasteiger partial charge in [0.15, 0.2) is 6.61 Å². The highest BCUT2D eigenvalue weighted by molar-refractivity contribution is 6.31. The van der Waals surface area contributed by atoms with E-state index in [2.05, 4.69) is 5.32 Å². The molecular weight excluding hydrogens is 380 g/mol. The summed E-state index contributed by atoms with van der Waals surface area (Å²) in [5.74, 6) is -1.62.